The van der Waals surface area contributed by atoms with Crippen molar-refractivity contribution in [2.75, 3.05) is 39.3 Å². The van der Waals surface area contributed by atoms with Crippen molar-refractivity contribution in [1.82, 2.24) is 15.1 Å². The number of rotatable bonds is 5. The van der Waals surface area contributed by atoms with Crippen LogP contribution in [0.3, 0.4) is 0 Å². The number of carbonyl (C=O) groups excluding carboxylic acids is 2. The van der Waals surface area contributed by atoms with E-state index in [2.05, 4.69) is 19.2 Å². The maximum atomic E-state index is 12.1. The third kappa shape index (κ3) is 6.64. The van der Waals surface area contributed by atoms with Crippen molar-refractivity contribution in [3.63, 3.8) is 0 Å². The number of amides is 2. The van der Waals surface area contributed by atoms with Gasteiger partial charge in [0.05, 0.1) is 6.54 Å². The zero-order chi connectivity index (χ0) is 16.8. The van der Waals surface area contributed by atoms with E-state index >= 15 is 0 Å². The molecule has 1 fully saturated rings. The number of piperazine rings is 1. The first kappa shape index (κ1) is 18.7. The lowest BCUT2D eigenvalue weighted by Crippen LogP contribution is -2.53. The lowest BCUT2D eigenvalue weighted by Gasteiger charge is -2.35. The van der Waals surface area contributed by atoms with E-state index in [0.29, 0.717) is 38.6 Å². The Morgan fingerprint density at radius 1 is 1.14 bits per heavy atom. The third-order valence-electron chi connectivity index (χ3n) is 3.75. The summed E-state index contributed by atoms with van der Waals surface area (Å²) < 4.78 is 5.35. The summed E-state index contributed by atoms with van der Waals surface area (Å²) in [5, 5.41) is 3.20. The minimum atomic E-state index is -0.482. The maximum Gasteiger partial charge on any atom is 0.410 e. The van der Waals surface area contributed by atoms with Crippen molar-refractivity contribution in [2.24, 2.45) is 5.92 Å². The highest BCUT2D eigenvalue weighted by molar-refractivity contribution is 5.78. The number of hydrogen-bond donors (Lipinski definition) is 1. The molecule has 1 heterocycles. The lowest BCUT2D eigenvalue weighted by molar-refractivity contribution is -0.132. The molecule has 0 aromatic carbocycles. The average Bonchev–Trinajstić information content (AvgIpc) is 2.45. The minimum Gasteiger partial charge on any atom is -0.444 e. The van der Waals surface area contributed by atoms with Crippen LogP contribution in [-0.2, 0) is 9.53 Å². The molecule has 0 saturated carbocycles. The number of nitrogens with zero attached hydrogens (tertiary/aromatic N) is 2. The normalized spacial score (nSPS) is 17.3. The number of carbonyl (C=O) groups is 2. The first-order valence-corrected chi connectivity index (χ1v) is 8.19. The molecular formula is C16H31N3O3. The van der Waals surface area contributed by atoms with Crippen molar-refractivity contribution in [2.45, 2.75) is 46.6 Å². The van der Waals surface area contributed by atoms with Crippen LogP contribution in [0.25, 0.3) is 0 Å². The molecule has 1 aliphatic heterocycles. The van der Waals surface area contributed by atoms with Gasteiger partial charge in [0.2, 0.25) is 5.91 Å². The van der Waals surface area contributed by atoms with Gasteiger partial charge in [0.15, 0.2) is 0 Å². The van der Waals surface area contributed by atoms with Crippen LogP contribution < -0.4 is 5.32 Å². The Morgan fingerprint density at radius 2 is 1.68 bits per heavy atom. The second-order valence-corrected chi connectivity index (χ2v) is 6.99. The topological polar surface area (TPSA) is 61.9 Å². The van der Waals surface area contributed by atoms with Crippen LogP contribution >= 0.6 is 0 Å². The summed E-state index contributed by atoms with van der Waals surface area (Å²) in [4.78, 5) is 27.5. The molecular weight excluding hydrogens is 282 g/mol. The zero-order valence-electron chi connectivity index (χ0n) is 14.6. The molecule has 6 nitrogen and oxygen atoms in total. The Labute approximate surface area is 134 Å². The predicted molar refractivity (Wildman–Crippen MR) is 86.7 cm³/mol. The molecule has 1 N–H and O–H groups in total. The van der Waals surface area contributed by atoms with Gasteiger partial charge in [0, 0.05) is 26.2 Å². The highest BCUT2D eigenvalue weighted by atomic mass is 16.6. The first-order valence-electron chi connectivity index (χ1n) is 8.19. The molecule has 0 aromatic rings. The molecule has 1 saturated heterocycles. The molecule has 22 heavy (non-hydrogen) atoms. The molecule has 2 amide bonds. The molecule has 0 aliphatic carbocycles. The molecule has 0 radical (unpaired) electrons. The maximum absolute atomic E-state index is 12.1. The number of nitrogens with one attached hydrogen (secondary N) is 1. The third-order valence-corrected chi connectivity index (χ3v) is 3.75. The van der Waals surface area contributed by atoms with E-state index in [1.807, 2.05) is 25.7 Å². The van der Waals surface area contributed by atoms with Gasteiger partial charge in [-0.05, 0) is 33.2 Å². The molecule has 6 heteroatoms. The Balaban J connectivity index is 2.29. The standard InChI is InChI=1S/C16H31N3O3/c1-6-13(2)11-17-12-14(20)18-7-9-19(10-8-18)15(21)22-16(3,4)5/h13,17H,6-12H2,1-5H3. The molecule has 1 atom stereocenters. The van der Waals surface area contributed by atoms with Gasteiger partial charge in [-0.25, -0.2) is 4.79 Å². The molecule has 128 valence electrons. The molecule has 0 bridgehead atoms. The predicted octanol–water partition coefficient (Wildman–Crippen LogP) is 1.70. The summed E-state index contributed by atoms with van der Waals surface area (Å²) >= 11 is 0. The Morgan fingerprint density at radius 3 is 2.18 bits per heavy atom. The van der Waals surface area contributed by atoms with Gasteiger partial charge in [-0.15, -0.1) is 0 Å². The van der Waals surface area contributed by atoms with Crippen LogP contribution in [0.2, 0.25) is 0 Å². The van der Waals surface area contributed by atoms with Gasteiger partial charge in [-0.1, -0.05) is 20.3 Å². The minimum absolute atomic E-state index is 0.104. The van der Waals surface area contributed by atoms with E-state index in [1.54, 1.807) is 4.90 Å². The summed E-state index contributed by atoms with van der Waals surface area (Å²) in [5.41, 5.74) is -0.482. The summed E-state index contributed by atoms with van der Waals surface area (Å²) in [5.74, 6) is 0.684. The van der Waals surface area contributed by atoms with Crippen molar-refractivity contribution in [3.8, 4) is 0 Å². The fraction of sp³-hybridized carbons (Fsp3) is 0.875. The van der Waals surface area contributed by atoms with Crippen molar-refractivity contribution < 1.29 is 14.3 Å². The fourth-order valence-corrected chi connectivity index (χ4v) is 2.15. The molecule has 1 unspecified atom stereocenters. The van der Waals surface area contributed by atoms with E-state index in [9.17, 15) is 9.59 Å². The van der Waals surface area contributed by atoms with Crippen molar-refractivity contribution in [1.29, 1.82) is 0 Å². The van der Waals surface area contributed by atoms with Crippen LogP contribution in [0, 0.1) is 5.92 Å². The fourth-order valence-electron chi connectivity index (χ4n) is 2.15. The van der Waals surface area contributed by atoms with Gasteiger partial charge >= 0.3 is 6.09 Å². The molecule has 0 spiro atoms. The van der Waals surface area contributed by atoms with Gasteiger partial charge in [-0.3, -0.25) is 4.79 Å². The summed E-state index contributed by atoms with van der Waals surface area (Å²) in [6, 6.07) is 0. The SMILES string of the molecule is CCC(C)CNCC(=O)N1CCN(C(=O)OC(C)(C)C)CC1. The number of ether oxygens (including phenoxy) is 1. The van der Waals surface area contributed by atoms with Crippen molar-refractivity contribution >= 4 is 12.0 Å². The van der Waals surface area contributed by atoms with Crippen LogP contribution in [0.4, 0.5) is 4.79 Å². The summed E-state index contributed by atoms with van der Waals surface area (Å²) in [6.45, 7) is 13.3. The van der Waals surface area contributed by atoms with Gasteiger partial charge in [0.1, 0.15) is 5.60 Å². The molecule has 0 aromatic heterocycles. The van der Waals surface area contributed by atoms with E-state index in [-0.39, 0.29) is 12.0 Å². The van der Waals surface area contributed by atoms with Gasteiger partial charge in [0.25, 0.3) is 0 Å². The van der Waals surface area contributed by atoms with Crippen LogP contribution in [0.5, 0.6) is 0 Å². The zero-order valence-corrected chi connectivity index (χ0v) is 14.6. The molecule has 1 aliphatic rings. The number of hydrogen-bond acceptors (Lipinski definition) is 4. The highest BCUT2D eigenvalue weighted by Gasteiger charge is 2.27. The van der Waals surface area contributed by atoms with Crippen LogP contribution in [0.1, 0.15) is 41.0 Å². The van der Waals surface area contributed by atoms with Gasteiger partial charge < -0.3 is 19.9 Å². The highest BCUT2D eigenvalue weighted by Crippen LogP contribution is 2.11. The van der Waals surface area contributed by atoms with E-state index < -0.39 is 5.60 Å². The Hall–Kier alpha value is -1.30. The van der Waals surface area contributed by atoms with Crippen molar-refractivity contribution in [3.05, 3.63) is 0 Å². The van der Waals surface area contributed by atoms with E-state index in [0.717, 1.165) is 13.0 Å². The summed E-state index contributed by atoms with van der Waals surface area (Å²) in [7, 11) is 0. The second kappa shape index (κ2) is 8.36. The lowest BCUT2D eigenvalue weighted by atomic mass is 10.1. The monoisotopic (exact) mass is 313 g/mol. The molecule has 1 rings (SSSR count). The Kier molecular flexibility index (Phi) is 7.13. The first-order chi connectivity index (χ1) is 10.2. The Bertz CT molecular complexity index is 371. The quantitative estimate of drug-likeness (QED) is 0.839. The largest absolute Gasteiger partial charge is 0.444 e. The van der Waals surface area contributed by atoms with Crippen LogP contribution in [-0.4, -0.2) is 66.7 Å². The second-order valence-electron chi connectivity index (χ2n) is 6.99. The smallest absolute Gasteiger partial charge is 0.410 e. The van der Waals surface area contributed by atoms with E-state index in [1.165, 1.54) is 0 Å². The summed E-state index contributed by atoms with van der Waals surface area (Å²) in [6.07, 6.45) is 0.810. The van der Waals surface area contributed by atoms with Crippen LogP contribution in [0.15, 0.2) is 0 Å². The average molecular weight is 313 g/mol. The van der Waals surface area contributed by atoms with Gasteiger partial charge in [-0.2, -0.15) is 0 Å². The van der Waals surface area contributed by atoms with E-state index in [4.69, 9.17) is 4.74 Å².